The summed E-state index contributed by atoms with van der Waals surface area (Å²) in [5, 5.41) is 17.4. The number of hydrogen-bond acceptors (Lipinski definition) is 2. The number of halogens is 1. The van der Waals surface area contributed by atoms with Crippen molar-refractivity contribution in [3.8, 4) is 0 Å². The highest BCUT2D eigenvalue weighted by Gasteiger charge is 2.15. The Kier molecular flexibility index (Phi) is 2.71. The summed E-state index contributed by atoms with van der Waals surface area (Å²) in [6.07, 6.45) is 6.34. The van der Waals surface area contributed by atoms with E-state index in [1.165, 1.54) is 0 Å². The van der Waals surface area contributed by atoms with Crippen LogP contribution in [-0.4, -0.2) is 22.0 Å². The maximum Gasteiger partial charge on any atom is 0.488 e. The Morgan fingerprint density at radius 1 is 1.60 bits per heavy atom. The Bertz CT molecular complexity index is 177. The predicted octanol–water partition coefficient (Wildman–Crippen LogP) is 0.648. The Morgan fingerprint density at radius 2 is 2.30 bits per heavy atom. The first kappa shape index (κ1) is 8.05. The molecule has 10 heavy (non-hydrogen) atoms. The Balaban J connectivity index is 2.66. The second-order valence-corrected chi connectivity index (χ2v) is 3.37. The van der Waals surface area contributed by atoms with Crippen LogP contribution in [0.1, 0.15) is 6.42 Å². The summed E-state index contributed by atoms with van der Waals surface area (Å²) in [5.41, 5.74) is 0.563. The summed E-state index contributed by atoms with van der Waals surface area (Å²) >= 11 is 3.35. The topological polar surface area (TPSA) is 40.5 Å². The number of hydrogen-bond donors (Lipinski definition) is 2. The Hall–Kier alpha value is -0.0551. The van der Waals surface area contributed by atoms with Gasteiger partial charge in [0.2, 0.25) is 0 Å². The van der Waals surface area contributed by atoms with Gasteiger partial charge in [-0.3, -0.25) is 0 Å². The van der Waals surface area contributed by atoms with Gasteiger partial charge in [0, 0.05) is 4.83 Å². The van der Waals surface area contributed by atoms with Crippen molar-refractivity contribution in [2.75, 3.05) is 0 Å². The van der Waals surface area contributed by atoms with E-state index in [1.54, 1.807) is 12.2 Å². The first-order valence-electron chi connectivity index (χ1n) is 3.08. The minimum absolute atomic E-state index is 0.245. The van der Waals surface area contributed by atoms with Gasteiger partial charge >= 0.3 is 7.12 Å². The van der Waals surface area contributed by atoms with E-state index in [4.69, 9.17) is 10.0 Å². The van der Waals surface area contributed by atoms with Crippen LogP contribution in [0.15, 0.2) is 23.7 Å². The van der Waals surface area contributed by atoms with Gasteiger partial charge in [-0.1, -0.05) is 34.2 Å². The number of rotatable bonds is 1. The fourth-order valence-electron chi connectivity index (χ4n) is 0.839. The lowest BCUT2D eigenvalue weighted by molar-refractivity contribution is 0.420. The molecule has 0 heterocycles. The molecule has 2 N–H and O–H groups in total. The van der Waals surface area contributed by atoms with Gasteiger partial charge in [0.25, 0.3) is 0 Å². The molecule has 54 valence electrons. The van der Waals surface area contributed by atoms with Crippen LogP contribution in [0.5, 0.6) is 0 Å². The average molecular weight is 203 g/mol. The predicted molar refractivity (Wildman–Crippen MR) is 44.7 cm³/mol. The summed E-state index contributed by atoms with van der Waals surface area (Å²) in [5.74, 6) is 0. The third-order valence-electron chi connectivity index (χ3n) is 1.34. The third-order valence-corrected chi connectivity index (χ3v) is 1.98. The van der Waals surface area contributed by atoms with E-state index in [0.717, 1.165) is 6.42 Å². The van der Waals surface area contributed by atoms with E-state index in [-0.39, 0.29) is 4.83 Å². The van der Waals surface area contributed by atoms with Gasteiger partial charge in [-0.05, 0) is 11.9 Å². The highest BCUT2D eigenvalue weighted by atomic mass is 79.9. The number of allylic oxidation sites excluding steroid dienone is 4. The molecule has 0 radical (unpaired) electrons. The zero-order chi connectivity index (χ0) is 7.56. The van der Waals surface area contributed by atoms with Crippen molar-refractivity contribution in [1.82, 2.24) is 0 Å². The quantitative estimate of drug-likeness (QED) is 0.485. The van der Waals surface area contributed by atoms with E-state index in [9.17, 15) is 0 Å². The van der Waals surface area contributed by atoms with Crippen LogP contribution in [0.4, 0.5) is 0 Å². The van der Waals surface area contributed by atoms with Crippen LogP contribution in [0.2, 0.25) is 0 Å². The molecule has 0 aromatic carbocycles. The summed E-state index contributed by atoms with van der Waals surface area (Å²) in [7, 11) is -1.34. The van der Waals surface area contributed by atoms with Crippen LogP contribution in [0.3, 0.4) is 0 Å². The highest BCUT2D eigenvalue weighted by Crippen LogP contribution is 2.17. The maximum absolute atomic E-state index is 8.71. The normalized spacial score (nSPS) is 24.3. The van der Waals surface area contributed by atoms with Gasteiger partial charge in [0.05, 0.1) is 0 Å². The standard InChI is InChI=1S/C6H8BBrO2/c8-6-3-1-2-5(4-6)7(9)10/h1-2,4,6,9-10H,3H2. The summed E-state index contributed by atoms with van der Waals surface area (Å²) < 4.78 is 0. The molecule has 0 saturated heterocycles. The van der Waals surface area contributed by atoms with Gasteiger partial charge in [0.1, 0.15) is 0 Å². The first-order chi connectivity index (χ1) is 4.70. The van der Waals surface area contributed by atoms with Crippen LogP contribution >= 0.6 is 15.9 Å². The molecule has 1 unspecified atom stereocenters. The molecule has 0 aromatic heterocycles. The third kappa shape index (κ3) is 1.97. The molecule has 1 atom stereocenters. The molecule has 0 saturated carbocycles. The molecule has 0 fully saturated rings. The highest BCUT2D eigenvalue weighted by molar-refractivity contribution is 9.09. The molecule has 2 nitrogen and oxygen atoms in total. The molecular formula is C6H8BBrO2. The van der Waals surface area contributed by atoms with E-state index in [2.05, 4.69) is 15.9 Å². The molecule has 1 aliphatic carbocycles. The monoisotopic (exact) mass is 202 g/mol. The summed E-state index contributed by atoms with van der Waals surface area (Å²) in [6, 6.07) is 0. The van der Waals surface area contributed by atoms with Gasteiger partial charge in [0.15, 0.2) is 0 Å². The molecule has 1 aliphatic rings. The van der Waals surface area contributed by atoms with E-state index >= 15 is 0 Å². The second-order valence-electron chi connectivity index (χ2n) is 2.19. The molecule has 4 heteroatoms. The molecule has 1 rings (SSSR count). The van der Waals surface area contributed by atoms with Gasteiger partial charge in [-0.15, -0.1) is 0 Å². The lowest BCUT2D eigenvalue weighted by atomic mass is 9.77. The maximum atomic E-state index is 8.71. The molecule has 0 aliphatic heterocycles. The Morgan fingerprint density at radius 3 is 2.70 bits per heavy atom. The van der Waals surface area contributed by atoms with Crippen molar-refractivity contribution < 1.29 is 10.0 Å². The average Bonchev–Trinajstić information content (AvgIpc) is 1.88. The zero-order valence-electron chi connectivity index (χ0n) is 5.37. The van der Waals surface area contributed by atoms with E-state index in [1.807, 2.05) is 6.08 Å². The lowest BCUT2D eigenvalue weighted by Gasteiger charge is -2.09. The fraction of sp³-hybridized carbons (Fsp3) is 0.333. The van der Waals surface area contributed by atoms with Crippen LogP contribution < -0.4 is 0 Å². The fourth-order valence-corrected chi connectivity index (χ4v) is 1.36. The largest absolute Gasteiger partial charge is 0.488 e. The second kappa shape index (κ2) is 3.37. The van der Waals surface area contributed by atoms with Crippen molar-refractivity contribution in [1.29, 1.82) is 0 Å². The van der Waals surface area contributed by atoms with Crippen LogP contribution in [0, 0.1) is 0 Å². The summed E-state index contributed by atoms with van der Waals surface area (Å²) in [4.78, 5) is 0.245. The van der Waals surface area contributed by atoms with Crippen molar-refractivity contribution in [3.05, 3.63) is 23.7 Å². The minimum Gasteiger partial charge on any atom is -0.423 e. The zero-order valence-corrected chi connectivity index (χ0v) is 6.95. The molecular weight excluding hydrogens is 195 g/mol. The van der Waals surface area contributed by atoms with Crippen molar-refractivity contribution in [3.63, 3.8) is 0 Å². The minimum atomic E-state index is -1.34. The van der Waals surface area contributed by atoms with E-state index < -0.39 is 7.12 Å². The smallest absolute Gasteiger partial charge is 0.423 e. The van der Waals surface area contributed by atoms with Crippen LogP contribution in [-0.2, 0) is 0 Å². The Labute approximate surface area is 68.5 Å². The van der Waals surface area contributed by atoms with Gasteiger partial charge in [-0.2, -0.15) is 0 Å². The first-order valence-corrected chi connectivity index (χ1v) is 4.00. The molecule has 0 spiro atoms. The molecule has 0 aromatic rings. The van der Waals surface area contributed by atoms with Crippen molar-refractivity contribution >= 4 is 23.0 Å². The van der Waals surface area contributed by atoms with Crippen molar-refractivity contribution in [2.45, 2.75) is 11.2 Å². The number of alkyl halides is 1. The van der Waals surface area contributed by atoms with E-state index in [0.29, 0.717) is 5.47 Å². The summed E-state index contributed by atoms with van der Waals surface area (Å²) in [6.45, 7) is 0. The lowest BCUT2D eigenvalue weighted by Crippen LogP contribution is -2.16. The molecule has 0 bridgehead atoms. The van der Waals surface area contributed by atoms with Gasteiger partial charge < -0.3 is 10.0 Å². The van der Waals surface area contributed by atoms with Crippen LogP contribution in [0.25, 0.3) is 0 Å². The molecule has 0 amide bonds. The SMILES string of the molecule is OB(O)C1=CC(Br)CC=C1. The van der Waals surface area contributed by atoms with Gasteiger partial charge in [-0.25, -0.2) is 0 Å². The van der Waals surface area contributed by atoms with Crippen molar-refractivity contribution in [2.24, 2.45) is 0 Å².